The smallest absolute Gasteiger partial charge is 0.337 e. The number of hydrogen-bond acceptors (Lipinski definition) is 5. The Kier molecular flexibility index (Phi) is 9.46. The van der Waals surface area contributed by atoms with Gasteiger partial charge in [0.2, 0.25) is 0 Å². The maximum absolute atomic E-state index is 13.9. The molecule has 1 unspecified atom stereocenters. The number of esters is 1. The minimum atomic E-state index is -0.569. The number of aryl methyl sites for hydroxylation is 1. The van der Waals surface area contributed by atoms with Crippen molar-refractivity contribution in [3.05, 3.63) is 88.9 Å². The van der Waals surface area contributed by atoms with E-state index in [4.69, 9.17) is 22.8 Å². The first-order valence-electron chi connectivity index (χ1n) is 11.4. The van der Waals surface area contributed by atoms with E-state index >= 15 is 0 Å². The molecule has 0 amide bonds. The van der Waals surface area contributed by atoms with Crippen molar-refractivity contribution in [2.24, 2.45) is 0 Å². The Hall–Kier alpha value is -3.40. The van der Waals surface area contributed by atoms with Crippen molar-refractivity contribution in [3.63, 3.8) is 0 Å². The second-order valence-corrected chi connectivity index (χ2v) is 10.2. The van der Waals surface area contributed by atoms with Crippen molar-refractivity contribution >= 4 is 29.3 Å². The number of alkyl halides is 1. The molecule has 36 heavy (non-hydrogen) atoms. The first kappa shape index (κ1) is 27.2. The van der Waals surface area contributed by atoms with Gasteiger partial charge in [-0.25, -0.2) is 4.79 Å². The highest BCUT2D eigenvalue weighted by Crippen LogP contribution is 2.34. The molecule has 3 aromatic rings. The number of benzene rings is 2. The Morgan fingerprint density at radius 3 is 2.61 bits per heavy atom. The van der Waals surface area contributed by atoms with E-state index in [0.717, 1.165) is 35.3 Å². The third kappa shape index (κ3) is 6.42. The van der Waals surface area contributed by atoms with Crippen molar-refractivity contribution in [2.75, 3.05) is 26.2 Å². The molecule has 7 heteroatoms. The molecule has 0 aliphatic carbocycles. The van der Waals surface area contributed by atoms with Crippen LogP contribution in [0.5, 0.6) is 0 Å². The lowest BCUT2D eigenvalue weighted by Gasteiger charge is -2.21. The highest BCUT2D eigenvalue weighted by Gasteiger charge is 2.18. The minimum Gasteiger partial charge on any atom is -0.465 e. The molecule has 0 saturated carbocycles. The molecule has 0 aliphatic heterocycles. The molecule has 0 saturated heterocycles. The molecule has 0 aliphatic rings. The van der Waals surface area contributed by atoms with Gasteiger partial charge in [0, 0.05) is 48.1 Å². The first-order valence-corrected chi connectivity index (χ1v) is 12.7. The summed E-state index contributed by atoms with van der Waals surface area (Å²) < 4.78 is 6.25. The summed E-state index contributed by atoms with van der Waals surface area (Å²) in [6.45, 7) is 3.78. The van der Waals surface area contributed by atoms with Gasteiger partial charge in [-0.1, -0.05) is 59.6 Å². The number of terminal acetylenes is 1. The van der Waals surface area contributed by atoms with Gasteiger partial charge in [-0.2, -0.15) is 0 Å². The van der Waals surface area contributed by atoms with Gasteiger partial charge in [-0.3, -0.25) is 9.47 Å². The Balaban J connectivity index is 2.25. The van der Waals surface area contributed by atoms with Gasteiger partial charge in [-0.05, 0) is 48.6 Å². The maximum atomic E-state index is 13.9. The summed E-state index contributed by atoms with van der Waals surface area (Å²) in [6.07, 6.45) is 13.4. The van der Waals surface area contributed by atoms with Crippen LogP contribution in [0.3, 0.4) is 0 Å². The number of methoxy groups -OCH3 is 1. The van der Waals surface area contributed by atoms with Gasteiger partial charge < -0.3 is 9.75 Å². The number of ether oxygens (including phenoxy) is 1. The topological polar surface area (TPSA) is 51.5 Å². The summed E-state index contributed by atoms with van der Waals surface area (Å²) in [6, 6.07) is 13.0. The molecule has 3 rings (SSSR count). The van der Waals surface area contributed by atoms with Crippen LogP contribution in [0.1, 0.15) is 28.8 Å². The molecular weight excluding hydrogens is 492 g/mol. The number of pyridine rings is 1. The average Bonchev–Trinajstić information content (AvgIpc) is 2.88. The number of hydrogen-bond donors (Lipinski definition) is 0. The van der Waals surface area contributed by atoms with E-state index < -0.39 is 10.7 Å². The Morgan fingerprint density at radius 2 is 1.94 bits per heavy atom. The van der Waals surface area contributed by atoms with Crippen LogP contribution >= 0.6 is 23.4 Å². The van der Waals surface area contributed by atoms with Crippen LogP contribution in [0.25, 0.3) is 22.3 Å². The largest absolute Gasteiger partial charge is 0.465 e. The highest BCUT2D eigenvalue weighted by molar-refractivity contribution is 8.01. The van der Waals surface area contributed by atoms with Crippen LogP contribution in [-0.2, 0) is 11.2 Å². The Bertz CT molecular complexity index is 1360. The number of unbranched alkanes of at least 4 members (excludes halogenated alkanes) is 1. The van der Waals surface area contributed by atoms with Crippen LogP contribution < -0.4 is 10.4 Å². The third-order valence-electron chi connectivity index (χ3n) is 5.61. The van der Waals surface area contributed by atoms with Crippen LogP contribution in [0.4, 0.5) is 0 Å². The maximum Gasteiger partial charge on any atom is 0.337 e. The molecule has 0 bridgehead atoms. The normalized spacial score (nSPS) is 11.4. The number of allylic oxidation sites excluding steroid dienone is 1. The summed E-state index contributed by atoms with van der Waals surface area (Å²) in [5, 5.41) is 1.86. The van der Waals surface area contributed by atoms with Gasteiger partial charge in [0.15, 0.2) is 5.43 Å². The minimum absolute atomic E-state index is 0.160. The van der Waals surface area contributed by atoms with Gasteiger partial charge in [0.25, 0.3) is 0 Å². The zero-order valence-corrected chi connectivity index (χ0v) is 22.2. The van der Waals surface area contributed by atoms with Crippen molar-refractivity contribution in [1.82, 2.24) is 4.68 Å². The molecule has 0 radical (unpaired) electrons. The van der Waals surface area contributed by atoms with Crippen LogP contribution in [-0.4, -0.2) is 36.6 Å². The fraction of sp³-hybridized carbons (Fsp3) is 0.241. The summed E-state index contributed by atoms with van der Waals surface area (Å²) in [5.41, 5.74) is 3.55. The molecule has 5 nitrogen and oxygen atoms in total. The van der Waals surface area contributed by atoms with Crippen molar-refractivity contribution < 1.29 is 9.53 Å². The van der Waals surface area contributed by atoms with E-state index in [9.17, 15) is 9.59 Å². The van der Waals surface area contributed by atoms with Crippen molar-refractivity contribution in [3.8, 4) is 34.6 Å². The van der Waals surface area contributed by atoms with Crippen LogP contribution in [0.2, 0.25) is 0 Å². The number of carbonyl (C=O) groups is 1. The second kappa shape index (κ2) is 12.5. The predicted molar refractivity (Wildman–Crippen MR) is 150 cm³/mol. The molecule has 0 N–H and O–H groups in total. The van der Waals surface area contributed by atoms with E-state index in [0.29, 0.717) is 22.3 Å². The molecule has 1 aromatic heterocycles. The number of rotatable bonds is 10. The highest BCUT2D eigenvalue weighted by atomic mass is 35.5. The van der Waals surface area contributed by atoms with E-state index in [1.54, 1.807) is 18.5 Å². The van der Waals surface area contributed by atoms with Crippen molar-refractivity contribution in [2.45, 2.75) is 28.9 Å². The third-order valence-corrected chi connectivity index (χ3v) is 6.96. The SMILES string of the molecule is C#CC(Cl)Sc1ccccc1-c1cn(N(C)C)cc(-c2cc(CCCC=C)cc(C(=O)OC)c2)c1=O. The summed E-state index contributed by atoms with van der Waals surface area (Å²) in [5.74, 6) is 2.06. The number of thioether (sulfide) groups is 1. The standard InChI is InChI=1S/C29H29ClN2O3S/c1-6-8-9-12-20-15-21(17-22(16-20)29(34)35-5)24-18-32(31(3)4)19-25(28(24)33)23-13-10-11-14-26(23)36-27(30)7-2/h2,6,10-11,13-19,27H,1,8-9,12H2,3-5H3. The second-order valence-electron chi connectivity index (χ2n) is 8.33. The zero-order chi connectivity index (χ0) is 26.2. The number of aromatic nitrogens is 1. The van der Waals surface area contributed by atoms with Gasteiger partial charge in [0.1, 0.15) is 4.71 Å². The lowest BCUT2D eigenvalue weighted by atomic mass is 9.96. The summed E-state index contributed by atoms with van der Waals surface area (Å²) in [7, 11) is 5.12. The van der Waals surface area contributed by atoms with Gasteiger partial charge >= 0.3 is 5.97 Å². The molecule has 0 spiro atoms. The number of halogens is 1. The molecule has 1 atom stereocenters. The quantitative estimate of drug-likeness (QED) is 0.0823. The van der Waals surface area contributed by atoms with E-state index in [2.05, 4.69) is 12.5 Å². The number of nitrogens with zero attached hydrogens (tertiary/aromatic N) is 2. The molecule has 1 heterocycles. The van der Waals surface area contributed by atoms with Gasteiger partial charge in [-0.15, -0.1) is 13.0 Å². The first-order chi connectivity index (χ1) is 17.3. The lowest BCUT2D eigenvalue weighted by Crippen LogP contribution is -2.27. The van der Waals surface area contributed by atoms with E-state index in [1.807, 2.05) is 66.3 Å². The molecule has 2 aromatic carbocycles. The summed E-state index contributed by atoms with van der Waals surface area (Å²) >= 11 is 7.53. The predicted octanol–water partition coefficient (Wildman–Crippen LogP) is 5.97. The zero-order valence-electron chi connectivity index (χ0n) is 20.7. The van der Waals surface area contributed by atoms with Crippen molar-refractivity contribution in [1.29, 1.82) is 0 Å². The molecule has 186 valence electrons. The Morgan fingerprint density at radius 1 is 1.22 bits per heavy atom. The fourth-order valence-corrected chi connectivity index (χ4v) is 4.85. The fourth-order valence-electron chi connectivity index (χ4n) is 3.81. The monoisotopic (exact) mass is 520 g/mol. The van der Waals surface area contributed by atoms with Crippen LogP contribution in [0.15, 0.2) is 77.2 Å². The Labute approximate surface area is 221 Å². The van der Waals surface area contributed by atoms with Gasteiger partial charge in [0.05, 0.1) is 12.7 Å². The van der Waals surface area contributed by atoms with E-state index in [1.165, 1.54) is 18.9 Å². The molecular formula is C29H29ClN2O3S. The number of carbonyl (C=O) groups excluding carboxylic acids is 1. The molecule has 0 fully saturated rings. The lowest BCUT2D eigenvalue weighted by molar-refractivity contribution is 0.0600. The van der Waals surface area contributed by atoms with Crippen LogP contribution in [0, 0.1) is 12.3 Å². The summed E-state index contributed by atoms with van der Waals surface area (Å²) in [4.78, 5) is 27.2. The average molecular weight is 521 g/mol. The van der Waals surface area contributed by atoms with E-state index in [-0.39, 0.29) is 5.43 Å².